The number of rotatable bonds is 9. The Morgan fingerprint density at radius 2 is 1.82 bits per heavy atom. The van der Waals surface area contributed by atoms with Gasteiger partial charge in [0.1, 0.15) is 23.7 Å². The number of pyridine rings is 1. The largest absolute Gasteiger partial charge is 0.382 e. The van der Waals surface area contributed by atoms with Crippen LogP contribution in [0.15, 0.2) is 42.6 Å². The van der Waals surface area contributed by atoms with Gasteiger partial charge in [-0.15, -0.1) is 0 Å². The number of hydrogen-bond donors (Lipinski definition) is 3. The molecule has 204 valence electrons. The highest BCUT2D eigenvalue weighted by molar-refractivity contribution is 7.90. The average molecular weight is 555 g/mol. The summed E-state index contributed by atoms with van der Waals surface area (Å²) < 4.78 is 43.9. The number of nitrogens with one attached hydrogen (secondary N) is 1. The first-order chi connectivity index (χ1) is 18.6. The van der Waals surface area contributed by atoms with Gasteiger partial charge in [-0.25, -0.2) is 28.3 Å². The molecule has 5 N–H and O–H groups in total. The number of carbonyl (C=O) groups is 1. The Kier molecular flexibility index (Phi) is 6.78. The highest BCUT2D eigenvalue weighted by atomic mass is 32.2. The molecule has 0 spiro atoms. The van der Waals surface area contributed by atoms with Gasteiger partial charge >= 0.3 is 10.2 Å². The molecule has 1 amide bonds. The molecule has 13 nitrogen and oxygen atoms in total. The zero-order valence-corrected chi connectivity index (χ0v) is 22.1. The second kappa shape index (κ2) is 10.1. The third-order valence-electron chi connectivity index (χ3n) is 6.15. The van der Waals surface area contributed by atoms with E-state index in [0.29, 0.717) is 16.6 Å². The van der Waals surface area contributed by atoms with Crippen LogP contribution in [-0.2, 0) is 21.5 Å². The van der Waals surface area contributed by atoms with Crippen molar-refractivity contribution in [1.82, 2.24) is 34.4 Å². The topological polar surface area (TPSA) is 178 Å². The number of fused-ring (bicyclic) bond motifs is 1. The Morgan fingerprint density at radius 3 is 2.46 bits per heavy atom. The minimum absolute atomic E-state index is 0.0173. The van der Waals surface area contributed by atoms with Gasteiger partial charge in [0, 0.05) is 31.9 Å². The van der Waals surface area contributed by atoms with E-state index in [0.717, 1.165) is 21.5 Å². The molecule has 0 bridgehead atoms. The van der Waals surface area contributed by atoms with E-state index in [2.05, 4.69) is 25.4 Å². The molecular weight excluding hydrogens is 527 g/mol. The maximum atomic E-state index is 14.3. The summed E-state index contributed by atoms with van der Waals surface area (Å²) in [6, 6.07) is 9.79. The maximum absolute atomic E-state index is 14.3. The lowest BCUT2D eigenvalue weighted by atomic mass is 10.2. The molecule has 4 aromatic rings. The number of nitrogens with two attached hydrogens (primary N) is 2. The van der Waals surface area contributed by atoms with E-state index in [-0.39, 0.29) is 47.2 Å². The maximum Gasteiger partial charge on any atom is 0.304 e. The Hall–Kier alpha value is -4.37. The summed E-state index contributed by atoms with van der Waals surface area (Å²) in [5, 5.41) is 7.88. The van der Waals surface area contributed by atoms with E-state index in [1.165, 1.54) is 24.8 Å². The van der Waals surface area contributed by atoms with Crippen LogP contribution in [0, 0.1) is 5.82 Å². The molecule has 15 heteroatoms. The Morgan fingerprint density at radius 1 is 1.13 bits per heavy atom. The highest BCUT2D eigenvalue weighted by Gasteiger charge is 2.34. The molecule has 3 aromatic heterocycles. The van der Waals surface area contributed by atoms with Crippen LogP contribution in [0.1, 0.15) is 18.4 Å². The van der Waals surface area contributed by atoms with Crippen molar-refractivity contribution >= 4 is 44.5 Å². The van der Waals surface area contributed by atoms with Crippen molar-refractivity contribution in [2.24, 2.45) is 0 Å². The van der Waals surface area contributed by atoms with Gasteiger partial charge in [0.05, 0.1) is 11.9 Å². The zero-order valence-electron chi connectivity index (χ0n) is 21.2. The number of nitrogens with zero attached hydrogens (tertiary/aromatic N) is 7. The number of amides is 1. The van der Waals surface area contributed by atoms with Crippen molar-refractivity contribution in [1.29, 1.82) is 0 Å². The minimum Gasteiger partial charge on any atom is -0.382 e. The van der Waals surface area contributed by atoms with Crippen molar-refractivity contribution in [2.45, 2.75) is 25.4 Å². The van der Waals surface area contributed by atoms with Gasteiger partial charge in [0.25, 0.3) is 0 Å². The second-order valence-corrected chi connectivity index (χ2v) is 11.3. The quantitative estimate of drug-likeness (QED) is 0.273. The average Bonchev–Trinajstić information content (AvgIpc) is 3.63. The minimum atomic E-state index is -4.19. The fourth-order valence-corrected chi connectivity index (χ4v) is 5.12. The Balaban J connectivity index is 1.57. The predicted octanol–water partition coefficient (Wildman–Crippen LogP) is 1.13. The van der Waals surface area contributed by atoms with Crippen LogP contribution in [0.4, 0.5) is 21.7 Å². The molecule has 0 aliphatic heterocycles. The van der Waals surface area contributed by atoms with Gasteiger partial charge in [-0.2, -0.15) is 17.8 Å². The Bertz CT molecular complexity index is 1650. The first-order valence-electron chi connectivity index (χ1n) is 12.0. The first-order valence-corrected chi connectivity index (χ1v) is 13.4. The molecular formula is C24H27FN10O3S. The molecule has 1 fully saturated rings. The third-order valence-corrected chi connectivity index (χ3v) is 7.95. The molecule has 1 aliphatic rings. The molecule has 0 atom stereocenters. The number of carbonyl (C=O) groups excluding carboxylic acids is 1. The summed E-state index contributed by atoms with van der Waals surface area (Å²) in [5.74, 6) is -1.40. The van der Waals surface area contributed by atoms with E-state index < -0.39 is 22.7 Å². The standard InChI is InChI=1S/C24H27FN10O3S/c1-33(2)39(37,38)35(13-18(36)29-15-9-10-15)20-21(26)30-23(31-22(20)27)19-16-7-5-11-28-24(16)34(32-19)12-14-6-3-4-8-17(14)25/h3-8,11,15H,9-10,12-13H2,1-2H3,(H,29,36)(H4,26,27,30,31). The van der Waals surface area contributed by atoms with Gasteiger partial charge in [-0.05, 0) is 31.0 Å². The van der Waals surface area contributed by atoms with E-state index in [1.807, 2.05) is 0 Å². The van der Waals surface area contributed by atoms with E-state index in [4.69, 9.17) is 11.5 Å². The molecule has 0 saturated heterocycles. The lowest BCUT2D eigenvalue weighted by Crippen LogP contribution is -2.46. The van der Waals surface area contributed by atoms with Crippen LogP contribution in [0.5, 0.6) is 0 Å². The number of aromatic nitrogens is 5. The van der Waals surface area contributed by atoms with Crippen LogP contribution < -0.4 is 21.1 Å². The Labute approximate surface area is 223 Å². The van der Waals surface area contributed by atoms with Gasteiger partial charge in [-0.1, -0.05) is 18.2 Å². The number of halogens is 1. The first kappa shape index (κ1) is 26.2. The lowest BCUT2D eigenvalue weighted by molar-refractivity contribution is -0.119. The van der Waals surface area contributed by atoms with Crippen molar-refractivity contribution in [3.63, 3.8) is 0 Å². The highest BCUT2D eigenvalue weighted by Crippen LogP contribution is 2.34. The van der Waals surface area contributed by atoms with Crippen LogP contribution >= 0.6 is 0 Å². The monoisotopic (exact) mass is 554 g/mol. The molecule has 1 aliphatic carbocycles. The number of hydrogen-bond acceptors (Lipinski definition) is 9. The summed E-state index contributed by atoms with van der Waals surface area (Å²) in [6.45, 7) is -0.466. The molecule has 1 saturated carbocycles. The van der Waals surface area contributed by atoms with Gasteiger partial charge in [0.2, 0.25) is 5.91 Å². The number of benzene rings is 1. The van der Waals surface area contributed by atoms with Crippen LogP contribution in [-0.4, -0.2) is 70.0 Å². The normalized spacial score (nSPS) is 13.6. The fraction of sp³-hybridized carbons (Fsp3) is 0.292. The van der Waals surface area contributed by atoms with Gasteiger partial charge < -0.3 is 16.8 Å². The van der Waals surface area contributed by atoms with Gasteiger partial charge in [-0.3, -0.25) is 4.79 Å². The second-order valence-electron chi connectivity index (χ2n) is 9.28. The SMILES string of the molecule is CN(C)S(=O)(=O)N(CC(=O)NC1CC1)c1c(N)nc(-c2nn(Cc3ccccc3F)c3ncccc23)nc1N. The molecule has 0 unspecified atom stereocenters. The predicted molar refractivity (Wildman–Crippen MR) is 144 cm³/mol. The molecule has 39 heavy (non-hydrogen) atoms. The van der Waals surface area contributed by atoms with Crippen LogP contribution in [0.3, 0.4) is 0 Å². The summed E-state index contributed by atoms with van der Waals surface area (Å²) in [7, 11) is -1.55. The molecule has 5 rings (SSSR count). The zero-order chi connectivity index (χ0) is 27.9. The van der Waals surface area contributed by atoms with Crippen molar-refractivity contribution in [2.75, 3.05) is 36.4 Å². The van der Waals surface area contributed by atoms with Crippen molar-refractivity contribution in [3.8, 4) is 11.5 Å². The summed E-state index contributed by atoms with van der Waals surface area (Å²) in [6.07, 6.45) is 3.25. The summed E-state index contributed by atoms with van der Waals surface area (Å²) >= 11 is 0. The summed E-state index contributed by atoms with van der Waals surface area (Å²) in [5.41, 5.74) is 13.4. The van der Waals surface area contributed by atoms with Crippen molar-refractivity contribution in [3.05, 3.63) is 54.0 Å². The van der Waals surface area contributed by atoms with Gasteiger partial charge in [0.15, 0.2) is 23.1 Å². The molecule has 0 radical (unpaired) electrons. The number of nitrogen functional groups attached to an aromatic ring is 2. The van der Waals surface area contributed by atoms with E-state index in [1.54, 1.807) is 36.5 Å². The van der Waals surface area contributed by atoms with E-state index in [9.17, 15) is 17.6 Å². The molecule has 3 heterocycles. The van der Waals surface area contributed by atoms with Crippen LogP contribution in [0.25, 0.3) is 22.6 Å². The van der Waals surface area contributed by atoms with Crippen LogP contribution in [0.2, 0.25) is 0 Å². The lowest BCUT2D eigenvalue weighted by Gasteiger charge is -2.28. The fourth-order valence-electron chi connectivity index (χ4n) is 4.03. The molecule has 1 aromatic carbocycles. The summed E-state index contributed by atoms with van der Waals surface area (Å²) in [4.78, 5) is 25.6. The third kappa shape index (κ3) is 5.18. The van der Waals surface area contributed by atoms with Crippen molar-refractivity contribution < 1.29 is 17.6 Å². The number of anilines is 3. The smallest absolute Gasteiger partial charge is 0.304 e. The van der Waals surface area contributed by atoms with E-state index >= 15 is 0 Å².